The highest BCUT2D eigenvalue weighted by molar-refractivity contribution is 6.01. The van der Waals surface area contributed by atoms with Crippen LogP contribution in [0.4, 0.5) is 0 Å². The molecule has 138 valence electrons. The normalized spacial score (nSPS) is 10.8. The summed E-state index contributed by atoms with van der Waals surface area (Å²) in [6.07, 6.45) is 2.29. The van der Waals surface area contributed by atoms with Crippen LogP contribution in [0.25, 0.3) is 6.08 Å². The van der Waals surface area contributed by atoms with Gasteiger partial charge in [0.25, 0.3) is 5.91 Å². The third-order valence-electron chi connectivity index (χ3n) is 4.08. The maximum absolute atomic E-state index is 12.3. The minimum absolute atomic E-state index is 0.0739. The van der Waals surface area contributed by atoms with Crippen LogP contribution in [0.15, 0.2) is 90.5 Å². The zero-order valence-corrected chi connectivity index (χ0v) is 15.3. The molecule has 3 aromatic carbocycles. The van der Waals surface area contributed by atoms with E-state index in [1.165, 1.54) is 0 Å². The van der Waals surface area contributed by atoms with Gasteiger partial charge in [-0.3, -0.25) is 4.79 Å². The van der Waals surface area contributed by atoms with Crippen molar-refractivity contribution in [2.75, 3.05) is 6.54 Å². The Balaban J connectivity index is 1.58. The predicted molar refractivity (Wildman–Crippen MR) is 110 cm³/mol. The van der Waals surface area contributed by atoms with E-state index < -0.39 is 0 Å². The number of carbonyl (C=O) groups excluding carboxylic acids is 1. The fourth-order valence-electron chi connectivity index (χ4n) is 2.63. The number of para-hydroxylation sites is 1. The smallest absolute Gasteiger partial charge is 0.261 e. The van der Waals surface area contributed by atoms with Crippen molar-refractivity contribution in [3.05, 3.63) is 102 Å². The molecule has 3 rings (SSSR count). The van der Waals surface area contributed by atoms with Crippen LogP contribution >= 0.6 is 0 Å². The zero-order chi connectivity index (χ0) is 19.6. The van der Waals surface area contributed by atoms with E-state index in [9.17, 15) is 10.1 Å². The van der Waals surface area contributed by atoms with Crippen LogP contribution in [0.1, 0.15) is 11.1 Å². The standard InChI is InChI=1S/C24H20N2O2/c25-18-21(24(27)26-16-15-19-7-3-1-4-8-19)17-20-11-13-23(14-12-20)28-22-9-5-2-6-10-22/h1-14,17H,15-16H2,(H,26,27)/b21-17-. The molecule has 1 amide bonds. The van der Waals surface area contributed by atoms with Gasteiger partial charge in [0, 0.05) is 6.54 Å². The van der Waals surface area contributed by atoms with Crippen molar-refractivity contribution >= 4 is 12.0 Å². The Morgan fingerprint density at radius 3 is 2.14 bits per heavy atom. The van der Waals surface area contributed by atoms with Crippen molar-refractivity contribution in [1.82, 2.24) is 5.32 Å². The van der Waals surface area contributed by atoms with Crippen molar-refractivity contribution in [1.29, 1.82) is 5.26 Å². The number of hydrogen-bond donors (Lipinski definition) is 1. The molecule has 0 fully saturated rings. The highest BCUT2D eigenvalue weighted by Crippen LogP contribution is 2.21. The average molecular weight is 368 g/mol. The fraction of sp³-hybridized carbons (Fsp3) is 0.0833. The molecule has 0 bridgehead atoms. The minimum Gasteiger partial charge on any atom is -0.457 e. The molecule has 4 nitrogen and oxygen atoms in total. The first-order valence-corrected chi connectivity index (χ1v) is 9.01. The van der Waals surface area contributed by atoms with E-state index in [1.54, 1.807) is 18.2 Å². The molecule has 0 aliphatic carbocycles. The Labute approximate surface area is 164 Å². The van der Waals surface area contributed by atoms with Gasteiger partial charge in [0.05, 0.1) is 0 Å². The van der Waals surface area contributed by atoms with Gasteiger partial charge >= 0.3 is 0 Å². The van der Waals surface area contributed by atoms with Crippen LogP contribution in [-0.2, 0) is 11.2 Å². The Morgan fingerprint density at radius 1 is 0.893 bits per heavy atom. The van der Waals surface area contributed by atoms with Gasteiger partial charge in [0.2, 0.25) is 0 Å². The zero-order valence-electron chi connectivity index (χ0n) is 15.3. The molecule has 3 aromatic rings. The van der Waals surface area contributed by atoms with Gasteiger partial charge in [-0.25, -0.2) is 0 Å². The van der Waals surface area contributed by atoms with Crippen LogP contribution in [0.5, 0.6) is 11.5 Å². The number of hydrogen-bond acceptors (Lipinski definition) is 3. The molecule has 0 aromatic heterocycles. The number of nitrogens with one attached hydrogen (secondary N) is 1. The van der Waals surface area contributed by atoms with Gasteiger partial charge in [-0.05, 0) is 47.9 Å². The van der Waals surface area contributed by atoms with E-state index in [2.05, 4.69) is 5.32 Å². The number of carbonyl (C=O) groups is 1. The van der Waals surface area contributed by atoms with Gasteiger partial charge < -0.3 is 10.1 Å². The summed E-state index contributed by atoms with van der Waals surface area (Å²) in [6.45, 7) is 0.478. The van der Waals surface area contributed by atoms with Crippen molar-refractivity contribution in [2.24, 2.45) is 0 Å². The summed E-state index contributed by atoms with van der Waals surface area (Å²) in [5, 5.41) is 12.1. The molecular formula is C24H20N2O2. The van der Waals surface area contributed by atoms with Gasteiger partial charge in [0.1, 0.15) is 23.1 Å². The summed E-state index contributed by atoms with van der Waals surface area (Å²) in [6, 6.07) is 28.6. The lowest BCUT2D eigenvalue weighted by Crippen LogP contribution is -2.26. The van der Waals surface area contributed by atoms with E-state index in [0.717, 1.165) is 23.3 Å². The Bertz CT molecular complexity index is 973. The molecule has 28 heavy (non-hydrogen) atoms. The molecular weight excluding hydrogens is 348 g/mol. The summed E-state index contributed by atoms with van der Waals surface area (Å²) in [5.74, 6) is 1.07. The molecule has 0 saturated carbocycles. The van der Waals surface area contributed by atoms with Crippen LogP contribution < -0.4 is 10.1 Å². The Kier molecular flexibility index (Phi) is 6.59. The first kappa shape index (κ1) is 18.9. The quantitative estimate of drug-likeness (QED) is 0.484. The highest BCUT2D eigenvalue weighted by Gasteiger charge is 2.08. The van der Waals surface area contributed by atoms with Crippen LogP contribution in [0.3, 0.4) is 0 Å². The summed E-state index contributed by atoms with van der Waals surface area (Å²) >= 11 is 0. The number of ether oxygens (including phenoxy) is 1. The SMILES string of the molecule is N#C/C(=C/c1ccc(Oc2ccccc2)cc1)C(=O)NCCc1ccccc1. The maximum atomic E-state index is 12.3. The minimum atomic E-state index is -0.372. The van der Waals surface area contributed by atoms with Gasteiger partial charge in [-0.15, -0.1) is 0 Å². The molecule has 0 radical (unpaired) electrons. The third kappa shape index (κ3) is 5.58. The molecule has 0 unspecified atom stereocenters. The third-order valence-corrected chi connectivity index (χ3v) is 4.08. The molecule has 0 atom stereocenters. The molecule has 0 spiro atoms. The van der Waals surface area contributed by atoms with E-state index in [4.69, 9.17) is 4.74 Å². The van der Waals surface area contributed by atoms with Crippen molar-refractivity contribution in [2.45, 2.75) is 6.42 Å². The topological polar surface area (TPSA) is 62.1 Å². The lowest BCUT2D eigenvalue weighted by atomic mass is 10.1. The van der Waals surface area contributed by atoms with Crippen molar-refractivity contribution < 1.29 is 9.53 Å². The Morgan fingerprint density at radius 2 is 1.50 bits per heavy atom. The summed E-state index contributed by atoms with van der Waals surface area (Å²) in [4.78, 5) is 12.3. The molecule has 4 heteroatoms. The van der Waals surface area contributed by atoms with Crippen LogP contribution in [0.2, 0.25) is 0 Å². The maximum Gasteiger partial charge on any atom is 0.261 e. The monoisotopic (exact) mass is 368 g/mol. The van der Waals surface area contributed by atoms with Gasteiger partial charge in [-0.1, -0.05) is 60.7 Å². The molecule has 0 heterocycles. The fourth-order valence-corrected chi connectivity index (χ4v) is 2.63. The number of rotatable bonds is 7. The van der Waals surface area contributed by atoms with E-state index in [1.807, 2.05) is 78.9 Å². The van der Waals surface area contributed by atoms with Crippen LogP contribution in [-0.4, -0.2) is 12.5 Å². The lowest BCUT2D eigenvalue weighted by Gasteiger charge is -2.06. The second kappa shape index (κ2) is 9.75. The van der Waals surface area contributed by atoms with E-state index >= 15 is 0 Å². The van der Waals surface area contributed by atoms with Gasteiger partial charge in [0.15, 0.2) is 0 Å². The summed E-state index contributed by atoms with van der Waals surface area (Å²) in [7, 11) is 0. The van der Waals surface area contributed by atoms with Crippen molar-refractivity contribution in [3.8, 4) is 17.6 Å². The number of nitriles is 1. The van der Waals surface area contributed by atoms with Crippen LogP contribution in [0, 0.1) is 11.3 Å². The highest BCUT2D eigenvalue weighted by atomic mass is 16.5. The second-order valence-corrected chi connectivity index (χ2v) is 6.15. The number of nitrogens with zero attached hydrogens (tertiary/aromatic N) is 1. The summed E-state index contributed by atoms with van der Waals surface area (Å²) in [5.41, 5.74) is 1.97. The van der Waals surface area contributed by atoms with Gasteiger partial charge in [-0.2, -0.15) is 5.26 Å². The largest absolute Gasteiger partial charge is 0.457 e. The van der Waals surface area contributed by atoms with Crippen molar-refractivity contribution in [3.63, 3.8) is 0 Å². The second-order valence-electron chi connectivity index (χ2n) is 6.15. The lowest BCUT2D eigenvalue weighted by molar-refractivity contribution is -0.117. The first-order chi connectivity index (χ1) is 13.7. The Hall–Kier alpha value is -3.84. The van der Waals surface area contributed by atoms with E-state index in [0.29, 0.717) is 12.3 Å². The average Bonchev–Trinajstić information content (AvgIpc) is 2.74. The van der Waals surface area contributed by atoms with E-state index in [-0.39, 0.29) is 11.5 Å². The molecule has 0 aliphatic rings. The molecule has 0 saturated heterocycles. The first-order valence-electron chi connectivity index (χ1n) is 9.01. The number of amides is 1. The molecule has 1 N–H and O–H groups in total. The predicted octanol–water partition coefficient (Wildman–Crippen LogP) is 4.74. The molecule has 0 aliphatic heterocycles. The summed E-state index contributed by atoms with van der Waals surface area (Å²) < 4.78 is 5.74. The number of benzene rings is 3.